The van der Waals surface area contributed by atoms with E-state index in [1.807, 2.05) is 36.4 Å². The SMILES string of the molecule is CCC(I)(CC)CCCOc1ccc(-n2cc(-c3ccc(OCCc4ccc(Cl)cc4)cc3)nc2CCC2=CC=CN(C)C2)cc1. The minimum absolute atomic E-state index is 0.380. The highest BCUT2D eigenvalue weighted by Crippen LogP contribution is 2.32. The third-order valence-corrected chi connectivity index (χ3v) is 11.0. The van der Waals surface area contributed by atoms with Crippen molar-refractivity contribution in [1.82, 2.24) is 14.5 Å². The van der Waals surface area contributed by atoms with Crippen molar-refractivity contribution in [2.24, 2.45) is 0 Å². The molecule has 1 aliphatic rings. The van der Waals surface area contributed by atoms with Crippen LogP contribution in [0.25, 0.3) is 16.9 Å². The molecule has 0 bridgehead atoms. The zero-order valence-electron chi connectivity index (χ0n) is 27.2. The summed E-state index contributed by atoms with van der Waals surface area (Å²) in [5.74, 6) is 2.80. The Morgan fingerprint density at radius 1 is 0.848 bits per heavy atom. The van der Waals surface area contributed by atoms with Gasteiger partial charge in [0.25, 0.3) is 0 Å². The summed E-state index contributed by atoms with van der Waals surface area (Å²) in [7, 11) is 2.11. The van der Waals surface area contributed by atoms with Crippen molar-refractivity contribution in [2.45, 2.75) is 62.2 Å². The van der Waals surface area contributed by atoms with Crippen LogP contribution in [0.2, 0.25) is 5.02 Å². The van der Waals surface area contributed by atoms with Gasteiger partial charge in [-0.05, 0) is 111 Å². The lowest BCUT2D eigenvalue weighted by Crippen LogP contribution is -2.18. The van der Waals surface area contributed by atoms with Gasteiger partial charge in [-0.3, -0.25) is 0 Å². The monoisotopic (exact) mass is 749 g/mol. The highest BCUT2D eigenvalue weighted by atomic mass is 127. The van der Waals surface area contributed by atoms with E-state index in [9.17, 15) is 0 Å². The van der Waals surface area contributed by atoms with Crippen LogP contribution in [-0.2, 0) is 12.8 Å². The number of ether oxygens (including phenoxy) is 2. The molecule has 0 amide bonds. The number of aromatic nitrogens is 2. The van der Waals surface area contributed by atoms with Crippen molar-refractivity contribution in [3.63, 3.8) is 0 Å². The number of aryl methyl sites for hydroxylation is 1. The van der Waals surface area contributed by atoms with Crippen LogP contribution in [-0.4, -0.2) is 44.7 Å². The third-order valence-electron chi connectivity index (χ3n) is 8.72. The van der Waals surface area contributed by atoms with Gasteiger partial charge in [-0.1, -0.05) is 71.8 Å². The number of alkyl halides is 1. The minimum Gasteiger partial charge on any atom is -0.494 e. The summed E-state index contributed by atoms with van der Waals surface area (Å²) in [6.07, 6.45) is 15.9. The van der Waals surface area contributed by atoms with E-state index in [4.69, 9.17) is 26.1 Å². The van der Waals surface area contributed by atoms with Crippen LogP contribution in [0.1, 0.15) is 57.3 Å². The fraction of sp³-hybridized carbons (Fsp3) is 0.359. The van der Waals surface area contributed by atoms with Gasteiger partial charge in [0.1, 0.15) is 17.3 Å². The largest absolute Gasteiger partial charge is 0.494 e. The van der Waals surface area contributed by atoms with Crippen molar-refractivity contribution >= 4 is 34.2 Å². The van der Waals surface area contributed by atoms with E-state index in [-0.39, 0.29) is 0 Å². The molecular formula is C39H45ClIN3O2. The summed E-state index contributed by atoms with van der Waals surface area (Å²) in [4.78, 5) is 7.36. The maximum absolute atomic E-state index is 6.13. The van der Waals surface area contributed by atoms with Gasteiger partial charge < -0.3 is 18.9 Å². The van der Waals surface area contributed by atoms with Crippen molar-refractivity contribution in [1.29, 1.82) is 0 Å². The predicted molar refractivity (Wildman–Crippen MR) is 200 cm³/mol. The topological polar surface area (TPSA) is 39.5 Å². The predicted octanol–water partition coefficient (Wildman–Crippen LogP) is 10.3. The number of benzene rings is 3. The lowest BCUT2D eigenvalue weighted by Gasteiger charge is -2.24. The lowest BCUT2D eigenvalue weighted by molar-refractivity contribution is 0.297. The van der Waals surface area contributed by atoms with E-state index in [1.165, 1.54) is 30.4 Å². The molecule has 2 heterocycles. The fourth-order valence-electron chi connectivity index (χ4n) is 5.69. The number of halogens is 2. The number of hydrogen-bond acceptors (Lipinski definition) is 4. The zero-order chi connectivity index (χ0) is 32.4. The number of likely N-dealkylation sites (N-methyl/N-ethyl adjacent to an activating group) is 1. The van der Waals surface area contributed by atoms with Gasteiger partial charge in [-0.2, -0.15) is 0 Å². The van der Waals surface area contributed by atoms with Crippen LogP contribution in [0.5, 0.6) is 11.5 Å². The maximum atomic E-state index is 6.13. The molecule has 0 unspecified atom stereocenters. The molecule has 0 N–H and O–H groups in total. The molecule has 0 aliphatic carbocycles. The second-order valence-corrected chi connectivity index (χ2v) is 14.8. The molecular weight excluding hydrogens is 705 g/mol. The van der Waals surface area contributed by atoms with E-state index in [0.717, 1.165) is 78.1 Å². The average molecular weight is 750 g/mol. The smallest absolute Gasteiger partial charge is 0.119 e. The van der Waals surface area contributed by atoms with Crippen LogP contribution in [0, 0.1) is 0 Å². The normalized spacial score (nSPS) is 13.2. The maximum Gasteiger partial charge on any atom is 0.119 e. The Morgan fingerprint density at radius 2 is 1.52 bits per heavy atom. The molecule has 0 radical (unpaired) electrons. The zero-order valence-corrected chi connectivity index (χ0v) is 30.1. The van der Waals surface area contributed by atoms with Gasteiger partial charge in [0.2, 0.25) is 0 Å². The van der Waals surface area contributed by atoms with Crippen molar-refractivity contribution in [3.8, 4) is 28.4 Å². The van der Waals surface area contributed by atoms with Crippen molar-refractivity contribution in [2.75, 3.05) is 26.8 Å². The summed E-state index contributed by atoms with van der Waals surface area (Å²) < 4.78 is 14.8. The van der Waals surface area contributed by atoms with E-state index in [2.05, 4.69) is 114 Å². The van der Waals surface area contributed by atoms with Crippen LogP contribution in [0.15, 0.2) is 103 Å². The van der Waals surface area contributed by atoms with Gasteiger partial charge in [0.05, 0.1) is 18.9 Å². The first-order chi connectivity index (χ1) is 22.3. The average Bonchev–Trinajstić information content (AvgIpc) is 3.51. The first kappa shape index (κ1) is 34.1. The van der Waals surface area contributed by atoms with Crippen molar-refractivity contribution < 1.29 is 9.47 Å². The highest BCUT2D eigenvalue weighted by Gasteiger charge is 2.21. The second-order valence-electron chi connectivity index (χ2n) is 12.0. The quantitative estimate of drug-likeness (QED) is 0.0650. The number of imidazole rings is 1. The molecule has 0 fully saturated rings. The number of rotatable bonds is 16. The van der Waals surface area contributed by atoms with E-state index >= 15 is 0 Å². The van der Waals surface area contributed by atoms with E-state index < -0.39 is 0 Å². The van der Waals surface area contributed by atoms with Gasteiger partial charge >= 0.3 is 0 Å². The molecule has 5 nitrogen and oxygen atoms in total. The fourth-order valence-corrected chi connectivity index (χ4v) is 6.20. The first-order valence-corrected chi connectivity index (χ1v) is 17.8. The Hall–Kier alpha value is -3.23. The summed E-state index contributed by atoms with van der Waals surface area (Å²) >= 11 is 8.63. The Bertz CT molecular complexity index is 1590. The molecule has 0 saturated carbocycles. The van der Waals surface area contributed by atoms with Gasteiger partial charge in [0, 0.05) is 52.3 Å². The van der Waals surface area contributed by atoms with Gasteiger partial charge in [0.15, 0.2) is 0 Å². The molecule has 0 saturated heterocycles. The Morgan fingerprint density at radius 3 is 2.20 bits per heavy atom. The molecule has 1 aromatic heterocycles. The van der Waals surface area contributed by atoms with Crippen LogP contribution >= 0.6 is 34.2 Å². The Balaban J connectivity index is 1.26. The molecule has 242 valence electrons. The van der Waals surface area contributed by atoms with Crippen molar-refractivity contribution in [3.05, 3.63) is 119 Å². The molecule has 0 spiro atoms. The third kappa shape index (κ3) is 9.64. The first-order valence-electron chi connectivity index (χ1n) is 16.4. The summed E-state index contributed by atoms with van der Waals surface area (Å²) in [6, 6.07) is 24.6. The molecule has 7 heteroatoms. The highest BCUT2D eigenvalue weighted by molar-refractivity contribution is 14.1. The lowest BCUT2D eigenvalue weighted by atomic mass is 9.98. The minimum atomic E-state index is 0.380. The molecule has 3 aromatic carbocycles. The number of hydrogen-bond donors (Lipinski definition) is 0. The Kier molecular flexibility index (Phi) is 12.3. The molecule has 1 aliphatic heterocycles. The molecule has 46 heavy (non-hydrogen) atoms. The Labute approximate surface area is 293 Å². The van der Waals surface area contributed by atoms with Gasteiger partial charge in [-0.15, -0.1) is 0 Å². The van der Waals surface area contributed by atoms with Crippen LogP contribution in [0.3, 0.4) is 0 Å². The standard InChI is InChI=1S/C39H45ClIN3O2/c1-4-39(41,5-2)24-7-26-45-36-20-16-34(17-21-36)44-29-37(42-38(44)22-11-31-8-6-25-43(3)28-31)32-12-18-35(19-13-32)46-27-23-30-9-14-33(40)15-10-30/h6,8-10,12-21,25,29H,4-5,7,11,22-24,26-28H2,1-3H3. The molecule has 4 aromatic rings. The van der Waals surface area contributed by atoms with E-state index in [0.29, 0.717) is 10.0 Å². The summed E-state index contributed by atoms with van der Waals surface area (Å²) in [6.45, 7) is 6.86. The molecule has 0 atom stereocenters. The van der Waals surface area contributed by atoms with Gasteiger partial charge in [-0.25, -0.2) is 4.98 Å². The summed E-state index contributed by atoms with van der Waals surface area (Å²) in [5, 5.41) is 0.750. The number of nitrogens with zero attached hydrogens (tertiary/aromatic N) is 3. The van der Waals surface area contributed by atoms with Crippen LogP contribution < -0.4 is 9.47 Å². The number of allylic oxidation sites excluding steroid dienone is 2. The van der Waals surface area contributed by atoms with E-state index in [1.54, 1.807) is 0 Å². The van der Waals surface area contributed by atoms with Crippen LogP contribution in [0.4, 0.5) is 0 Å². The second kappa shape index (κ2) is 16.6. The molecule has 5 rings (SSSR count). The summed E-state index contributed by atoms with van der Waals surface area (Å²) in [5.41, 5.74) is 5.71.